The minimum atomic E-state index is 0.448. The van der Waals surface area contributed by atoms with E-state index in [2.05, 4.69) is 50.2 Å². The van der Waals surface area contributed by atoms with Gasteiger partial charge in [0.05, 0.1) is 19.8 Å². The fourth-order valence-electron chi connectivity index (χ4n) is 2.50. The molecule has 1 heterocycles. The second-order valence-corrected chi connectivity index (χ2v) is 6.13. The van der Waals surface area contributed by atoms with Gasteiger partial charge in [-0.3, -0.25) is 9.89 Å². The summed E-state index contributed by atoms with van der Waals surface area (Å²) >= 11 is 0. The number of ether oxygens (including phenoxy) is 1. The Balaban J connectivity index is 2.63. The zero-order valence-electron chi connectivity index (χ0n) is 14.5. The molecular formula is C16H34N4O. The van der Waals surface area contributed by atoms with Gasteiger partial charge in [-0.25, -0.2) is 0 Å². The summed E-state index contributed by atoms with van der Waals surface area (Å²) in [4.78, 5) is 7.33. The zero-order chi connectivity index (χ0) is 15.7. The van der Waals surface area contributed by atoms with Crippen LogP contribution >= 0.6 is 0 Å². The molecule has 1 rings (SSSR count). The molecule has 0 bridgehead atoms. The van der Waals surface area contributed by atoms with Gasteiger partial charge in [0.25, 0.3) is 0 Å². The van der Waals surface area contributed by atoms with E-state index in [1.807, 2.05) is 0 Å². The first-order valence-electron chi connectivity index (χ1n) is 8.45. The predicted molar refractivity (Wildman–Crippen MR) is 89.9 cm³/mol. The Morgan fingerprint density at radius 1 is 1.19 bits per heavy atom. The maximum absolute atomic E-state index is 5.46. The molecule has 0 saturated carbocycles. The summed E-state index contributed by atoms with van der Waals surface area (Å²) in [6, 6.07) is 0.935. The van der Waals surface area contributed by atoms with E-state index in [4.69, 9.17) is 9.73 Å². The Morgan fingerprint density at radius 3 is 2.38 bits per heavy atom. The fraction of sp³-hybridized carbons (Fsp3) is 0.938. The van der Waals surface area contributed by atoms with Gasteiger partial charge in [-0.2, -0.15) is 0 Å². The number of nitrogens with one attached hydrogen (secondary N) is 2. The van der Waals surface area contributed by atoms with Crippen LogP contribution in [0.25, 0.3) is 0 Å². The predicted octanol–water partition coefficient (Wildman–Crippen LogP) is 1.70. The van der Waals surface area contributed by atoms with E-state index in [0.29, 0.717) is 18.0 Å². The normalized spacial score (nSPS) is 20.4. The maximum atomic E-state index is 5.46. The minimum Gasteiger partial charge on any atom is -0.379 e. The maximum Gasteiger partial charge on any atom is 0.191 e. The first kappa shape index (κ1) is 18.2. The largest absolute Gasteiger partial charge is 0.379 e. The molecule has 2 N–H and O–H groups in total. The van der Waals surface area contributed by atoms with Crippen LogP contribution in [0.4, 0.5) is 0 Å². The van der Waals surface area contributed by atoms with Crippen molar-refractivity contribution >= 4 is 5.96 Å². The van der Waals surface area contributed by atoms with Gasteiger partial charge in [0.1, 0.15) is 0 Å². The average Bonchev–Trinajstić information content (AvgIpc) is 2.48. The molecule has 0 amide bonds. The molecule has 0 spiro atoms. The number of rotatable bonds is 7. The molecule has 2 unspecified atom stereocenters. The summed E-state index contributed by atoms with van der Waals surface area (Å²) in [5, 5.41) is 6.80. The fourth-order valence-corrected chi connectivity index (χ4v) is 2.50. The Hall–Kier alpha value is -0.810. The molecule has 5 nitrogen and oxygen atoms in total. The lowest BCUT2D eigenvalue weighted by Crippen LogP contribution is -2.48. The quantitative estimate of drug-likeness (QED) is 0.555. The first-order chi connectivity index (χ1) is 10.1. The van der Waals surface area contributed by atoms with E-state index in [1.165, 1.54) is 0 Å². The van der Waals surface area contributed by atoms with Crippen molar-refractivity contribution in [2.75, 3.05) is 39.4 Å². The van der Waals surface area contributed by atoms with Gasteiger partial charge < -0.3 is 15.4 Å². The summed E-state index contributed by atoms with van der Waals surface area (Å²) in [6.07, 6.45) is 1.10. The highest BCUT2D eigenvalue weighted by molar-refractivity contribution is 5.80. The van der Waals surface area contributed by atoms with Crippen molar-refractivity contribution in [1.29, 1.82) is 0 Å². The molecule has 5 heteroatoms. The highest BCUT2D eigenvalue weighted by atomic mass is 16.5. The van der Waals surface area contributed by atoms with Crippen LogP contribution in [-0.2, 0) is 4.74 Å². The van der Waals surface area contributed by atoms with Crippen molar-refractivity contribution in [1.82, 2.24) is 15.5 Å². The highest BCUT2D eigenvalue weighted by Gasteiger charge is 2.23. The molecule has 0 aromatic heterocycles. The lowest BCUT2D eigenvalue weighted by molar-refractivity contribution is 0.00867. The third kappa shape index (κ3) is 6.66. The molecule has 1 aliphatic heterocycles. The number of hydrogen-bond acceptors (Lipinski definition) is 3. The van der Waals surface area contributed by atoms with Gasteiger partial charge in [0.2, 0.25) is 0 Å². The summed E-state index contributed by atoms with van der Waals surface area (Å²) in [6.45, 7) is 16.5. The van der Waals surface area contributed by atoms with Gasteiger partial charge >= 0.3 is 0 Å². The Morgan fingerprint density at radius 2 is 1.86 bits per heavy atom. The van der Waals surface area contributed by atoms with E-state index in [0.717, 1.165) is 51.8 Å². The lowest BCUT2D eigenvalue weighted by atomic mass is 10.0. The first-order valence-corrected chi connectivity index (χ1v) is 8.45. The highest BCUT2D eigenvalue weighted by Crippen LogP contribution is 2.13. The summed E-state index contributed by atoms with van der Waals surface area (Å²) in [5.41, 5.74) is 0. The SMILES string of the molecule is CCNC(=NCC(C(C)C)N1CCOCC1)NC(C)CC. The zero-order valence-corrected chi connectivity index (χ0v) is 14.5. The number of morpholine rings is 1. The van der Waals surface area contributed by atoms with Crippen LogP contribution in [0.5, 0.6) is 0 Å². The molecule has 124 valence electrons. The van der Waals surface area contributed by atoms with E-state index in [-0.39, 0.29) is 0 Å². The van der Waals surface area contributed by atoms with Crippen molar-refractivity contribution in [3.05, 3.63) is 0 Å². The average molecular weight is 298 g/mol. The summed E-state index contributed by atoms with van der Waals surface area (Å²) in [7, 11) is 0. The number of aliphatic imine (C=N–C) groups is 1. The second kappa shape index (κ2) is 10.0. The lowest BCUT2D eigenvalue weighted by Gasteiger charge is -2.36. The number of hydrogen-bond donors (Lipinski definition) is 2. The molecule has 1 saturated heterocycles. The van der Waals surface area contributed by atoms with Crippen LogP contribution in [0.1, 0.15) is 41.0 Å². The number of nitrogens with zero attached hydrogens (tertiary/aromatic N) is 2. The van der Waals surface area contributed by atoms with Crippen molar-refractivity contribution in [2.45, 2.75) is 53.1 Å². The third-order valence-electron chi connectivity index (χ3n) is 4.06. The van der Waals surface area contributed by atoms with Gasteiger partial charge in [-0.1, -0.05) is 20.8 Å². The molecule has 0 aromatic carbocycles. The Kier molecular flexibility index (Phi) is 8.69. The van der Waals surface area contributed by atoms with E-state index in [9.17, 15) is 0 Å². The van der Waals surface area contributed by atoms with Gasteiger partial charge in [0, 0.05) is 31.7 Å². The van der Waals surface area contributed by atoms with Crippen LogP contribution in [0.3, 0.4) is 0 Å². The molecule has 1 fully saturated rings. The van der Waals surface area contributed by atoms with Crippen LogP contribution in [0.15, 0.2) is 4.99 Å². The molecule has 0 aromatic rings. The van der Waals surface area contributed by atoms with Crippen LogP contribution in [-0.4, -0.2) is 62.3 Å². The van der Waals surface area contributed by atoms with Gasteiger partial charge in [0.15, 0.2) is 5.96 Å². The van der Waals surface area contributed by atoms with Crippen molar-refractivity contribution in [2.24, 2.45) is 10.9 Å². The Bertz CT molecular complexity index is 301. The third-order valence-corrected chi connectivity index (χ3v) is 4.06. The van der Waals surface area contributed by atoms with Crippen molar-refractivity contribution in [3.8, 4) is 0 Å². The van der Waals surface area contributed by atoms with Crippen molar-refractivity contribution < 1.29 is 4.74 Å². The van der Waals surface area contributed by atoms with Crippen LogP contribution < -0.4 is 10.6 Å². The second-order valence-electron chi connectivity index (χ2n) is 6.13. The molecule has 2 atom stereocenters. The monoisotopic (exact) mass is 298 g/mol. The Labute approximate surface area is 130 Å². The van der Waals surface area contributed by atoms with Crippen LogP contribution in [0.2, 0.25) is 0 Å². The molecule has 21 heavy (non-hydrogen) atoms. The standard InChI is InChI=1S/C16H34N4O/c1-6-14(5)19-16(17-7-2)18-12-15(13(3)4)20-8-10-21-11-9-20/h13-15H,6-12H2,1-5H3,(H2,17,18,19). The minimum absolute atomic E-state index is 0.448. The number of guanidine groups is 1. The van der Waals surface area contributed by atoms with Gasteiger partial charge in [-0.05, 0) is 26.2 Å². The van der Waals surface area contributed by atoms with Crippen LogP contribution in [0, 0.1) is 5.92 Å². The topological polar surface area (TPSA) is 48.9 Å². The van der Waals surface area contributed by atoms with E-state index in [1.54, 1.807) is 0 Å². The van der Waals surface area contributed by atoms with E-state index < -0.39 is 0 Å². The van der Waals surface area contributed by atoms with E-state index >= 15 is 0 Å². The molecule has 0 aliphatic carbocycles. The van der Waals surface area contributed by atoms with Crippen molar-refractivity contribution in [3.63, 3.8) is 0 Å². The molecule has 1 aliphatic rings. The smallest absolute Gasteiger partial charge is 0.191 e. The summed E-state index contributed by atoms with van der Waals surface area (Å²) in [5.74, 6) is 1.53. The summed E-state index contributed by atoms with van der Waals surface area (Å²) < 4.78 is 5.46. The molecular weight excluding hydrogens is 264 g/mol. The van der Waals surface area contributed by atoms with Gasteiger partial charge in [-0.15, -0.1) is 0 Å². The molecule has 0 radical (unpaired) electrons.